The van der Waals surface area contributed by atoms with Crippen LogP contribution < -0.4 is 0 Å². The standard InChI is InChI=1S/C6H14BrO4P/c1-3-6(7,4-2)5-11-12(8,9)10/h3-5H2,1-2H3,(H2,8,9,10). The first-order valence-electron chi connectivity index (χ1n) is 3.72. The van der Waals surface area contributed by atoms with Gasteiger partial charge in [-0.25, -0.2) is 4.57 Å². The highest BCUT2D eigenvalue weighted by Crippen LogP contribution is 2.39. The molecule has 4 nitrogen and oxygen atoms in total. The minimum atomic E-state index is -4.32. The van der Waals surface area contributed by atoms with Crippen LogP contribution in [0.1, 0.15) is 26.7 Å². The molecule has 0 fully saturated rings. The van der Waals surface area contributed by atoms with Crippen LogP contribution in [0.15, 0.2) is 0 Å². The Bertz CT molecular complexity index is 174. The maximum atomic E-state index is 10.4. The number of phosphoric acid groups is 1. The molecular weight excluding hydrogens is 247 g/mol. The Morgan fingerprint density at radius 3 is 2.08 bits per heavy atom. The first kappa shape index (κ1) is 12.6. The van der Waals surface area contributed by atoms with Crippen molar-refractivity contribution in [2.24, 2.45) is 0 Å². The molecule has 6 heteroatoms. The third-order valence-electron chi connectivity index (χ3n) is 1.76. The Labute approximate surface area is 80.7 Å². The van der Waals surface area contributed by atoms with Crippen molar-refractivity contribution in [3.8, 4) is 0 Å². The average molecular weight is 261 g/mol. The normalized spacial score (nSPS) is 13.4. The van der Waals surface area contributed by atoms with E-state index in [0.29, 0.717) is 0 Å². The van der Waals surface area contributed by atoms with Crippen molar-refractivity contribution in [2.45, 2.75) is 31.0 Å². The van der Waals surface area contributed by atoms with Crippen LogP contribution in [0.4, 0.5) is 0 Å². The quantitative estimate of drug-likeness (QED) is 0.587. The predicted octanol–water partition coefficient (Wildman–Crippen LogP) is 2.05. The lowest BCUT2D eigenvalue weighted by atomic mass is 10.1. The first-order valence-corrected chi connectivity index (χ1v) is 6.04. The van der Waals surface area contributed by atoms with Gasteiger partial charge in [0.25, 0.3) is 0 Å². The second-order valence-electron chi connectivity index (χ2n) is 2.62. The largest absolute Gasteiger partial charge is 0.469 e. The molecule has 0 rings (SSSR count). The topological polar surface area (TPSA) is 66.8 Å². The summed E-state index contributed by atoms with van der Waals surface area (Å²) in [5, 5.41) is 0. The summed E-state index contributed by atoms with van der Waals surface area (Å²) in [6, 6.07) is 0. The molecule has 0 aliphatic heterocycles. The van der Waals surface area contributed by atoms with Gasteiger partial charge >= 0.3 is 7.82 Å². The van der Waals surface area contributed by atoms with Crippen molar-refractivity contribution in [2.75, 3.05) is 6.61 Å². The van der Waals surface area contributed by atoms with E-state index in [1.54, 1.807) is 0 Å². The molecule has 0 aromatic heterocycles. The van der Waals surface area contributed by atoms with Crippen molar-refractivity contribution in [3.63, 3.8) is 0 Å². The summed E-state index contributed by atoms with van der Waals surface area (Å²) in [6.45, 7) is 3.90. The molecule has 0 unspecified atom stereocenters. The van der Waals surface area contributed by atoms with E-state index in [0.717, 1.165) is 12.8 Å². The number of rotatable bonds is 5. The fourth-order valence-corrected chi connectivity index (χ4v) is 1.36. The Kier molecular flexibility index (Phi) is 4.95. The lowest BCUT2D eigenvalue weighted by Crippen LogP contribution is -2.24. The van der Waals surface area contributed by atoms with Crippen LogP contribution in [-0.4, -0.2) is 20.7 Å². The van der Waals surface area contributed by atoms with Crippen molar-refractivity contribution < 1.29 is 18.9 Å². The molecule has 0 atom stereocenters. The lowest BCUT2D eigenvalue weighted by molar-refractivity contribution is 0.177. The maximum Gasteiger partial charge on any atom is 0.469 e. The predicted molar refractivity (Wildman–Crippen MR) is 50.2 cm³/mol. The van der Waals surface area contributed by atoms with Gasteiger partial charge in [0.1, 0.15) is 0 Å². The van der Waals surface area contributed by atoms with E-state index in [-0.39, 0.29) is 10.9 Å². The Morgan fingerprint density at radius 2 is 1.83 bits per heavy atom. The fraction of sp³-hybridized carbons (Fsp3) is 1.00. The van der Waals surface area contributed by atoms with Gasteiger partial charge in [-0.1, -0.05) is 29.8 Å². The number of hydrogen-bond donors (Lipinski definition) is 2. The molecule has 0 aromatic carbocycles. The zero-order valence-corrected chi connectivity index (χ0v) is 9.64. The van der Waals surface area contributed by atoms with Gasteiger partial charge < -0.3 is 9.79 Å². The molecule has 0 saturated carbocycles. The summed E-state index contributed by atoms with van der Waals surface area (Å²) in [6.07, 6.45) is 1.53. The smallest absolute Gasteiger partial charge is 0.303 e. The van der Waals surface area contributed by atoms with Gasteiger partial charge in [0, 0.05) is 4.32 Å². The van der Waals surface area contributed by atoms with E-state index >= 15 is 0 Å². The van der Waals surface area contributed by atoms with Gasteiger partial charge in [-0.15, -0.1) is 0 Å². The van der Waals surface area contributed by atoms with E-state index in [2.05, 4.69) is 20.5 Å². The molecule has 0 heterocycles. The zero-order valence-electron chi connectivity index (χ0n) is 7.16. The highest BCUT2D eigenvalue weighted by atomic mass is 79.9. The average Bonchev–Trinajstić information content (AvgIpc) is 1.99. The molecule has 12 heavy (non-hydrogen) atoms. The summed E-state index contributed by atoms with van der Waals surface area (Å²) in [4.78, 5) is 16.9. The third-order valence-corrected chi connectivity index (χ3v) is 3.57. The molecule has 0 aromatic rings. The van der Waals surface area contributed by atoms with Crippen LogP contribution in [-0.2, 0) is 9.09 Å². The Hall–Kier alpha value is 0.590. The molecule has 0 radical (unpaired) electrons. The molecule has 0 saturated heterocycles. The molecule has 74 valence electrons. The molecule has 0 spiro atoms. The lowest BCUT2D eigenvalue weighted by Gasteiger charge is -2.23. The van der Waals surface area contributed by atoms with E-state index in [4.69, 9.17) is 9.79 Å². The van der Waals surface area contributed by atoms with Crippen LogP contribution in [0.5, 0.6) is 0 Å². The van der Waals surface area contributed by atoms with Crippen molar-refractivity contribution in [1.29, 1.82) is 0 Å². The number of halogens is 1. The van der Waals surface area contributed by atoms with Crippen LogP contribution in [0, 0.1) is 0 Å². The van der Waals surface area contributed by atoms with Gasteiger partial charge in [0.15, 0.2) is 0 Å². The molecule has 0 bridgehead atoms. The van der Waals surface area contributed by atoms with Crippen molar-refractivity contribution >= 4 is 23.8 Å². The van der Waals surface area contributed by atoms with Gasteiger partial charge in [0.2, 0.25) is 0 Å². The second-order valence-corrected chi connectivity index (χ2v) is 5.54. The summed E-state index contributed by atoms with van der Waals surface area (Å²) in [7, 11) is -4.32. The SMILES string of the molecule is CCC(Br)(CC)COP(=O)(O)O. The number of phosphoric ester groups is 1. The van der Waals surface area contributed by atoms with Gasteiger partial charge in [-0.3, -0.25) is 4.52 Å². The highest BCUT2D eigenvalue weighted by Gasteiger charge is 2.26. The highest BCUT2D eigenvalue weighted by molar-refractivity contribution is 9.10. The van der Waals surface area contributed by atoms with E-state index in [1.807, 2.05) is 13.8 Å². The minimum Gasteiger partial charge on any atom is -0.303 e. The Morgan fingerprint density at radius 1 is 1.42 bits per heavy atom. The van der Waals surface area contributed by atoms with Crippen LogP contribution in [0.2, 0.25) is 0 Å². The molecule has 2 N–H and O–H groups in total. The maximum absolute atomic E-state index is 10.4. The fourth-order valence-electron chi connectivity index (χ4n) is 0.654. The second kappa shape index (κ2) is 4.72. The summed E-state index contributed by atoms with van der Waals surface area (Å²) >= 11 is 3.37. The summed E-state index contributed by atoms with van der Waals surface area (Å²) in [5.74, 6) is 0. The number of alkyl halides is 1. The first-order chi connectivity index (χ1) is 5.33. The minimum absolute atomic E-state index is 0.0320. The zero-order chi connectivity index (χ0) is 9.83. The van der Waals surface area contributed by atoms with E-state index < -0.39 is 7.82 Å². The molecule has 0 amide bonds. The van der Waals surface area contributed by atoms with Crippen molar-refractivity contribution in [1.82, 2.24) is 0 Å². The van der Waals surface area contributed by atoms with Gasteiger partial charge in [-0.05, 0) is 12.8 Å². The van der Waals surface area contributed by atoms with E-state index in [9.17, 15) is 4.57 Å². The van der Waals surface area contributed by atoms with Gasteiger partial charge in [0.05, 0.1) is 6.61 Å². The summed E-state index contributed by atoms with van der Waals surface area (Å²) < 4.78 is 14.4. The van der Waals surface area contributed by atoms with Crippen LogP contribution in [0.3, 0.4) is 0 Å². The van der Waals surface area contributed by atoms with Crippen LogP contribution in [0.25, 0.3) is 0 Å². The van der Waals surface area contributed by atoms with Crippen molar-refractivity contribution in [3.05, 3.63) is 0 Å². The third kappa shape index (κ3) is 5.27. The van der Waals surface area contributed by atoms with Crippen LogP contribution >= 0.6 is 23.8 Å². The van der Waals surface area contributed by atoms with Gasteiger partial charge in [-0.2, -0.15) is 0 Å². The molecular formula is C6H14BrO4P. The monoisotopic (exact) mass is 260 g/mol. The Balaban J connectivity index is 3.98. The molecule has 0 aliphatic rings. The summed E-state index contributed by atoms with van der Waals surface area (Å²) in [5.41, 5.74) is 0. The number of hydrogen-bond acceptors (Lipinski definition) is 2. The molecule has 0 aliphatic carbocycles. The van der Waals surface area contributed by atoms with E-state index in [1.165, 1.54) is 0 Å².